The third-order valence-electron chi connectivity index (χ3n) is 15.9. The molecule has 2 aliphatic heterocycles. The first-order valence-corrected chi connectivity index (χ1v) is 22.7. The molecule has 0 bridgehead atoms. The molecule has 4 aliphatic carbocycles. The monoisotopic (exact) mass is 892 g/mol. The van der Waals surface area contributed by atoms with E-state index in [1.807, 2.05) is 20.8 Å². The van der Waals surface area contributed by atoms with Gasteiger partial charge in [-0.1, -0.05) is 41.0 Å². The standard InChI is InChI=1S/C40H70O18S.Na/c1-18(2)20(11-14-54-36-34(30(46)23(43)16-55-36)57-37-33(53-6)29(45)22(42)17-56-37)8-7-19(3)26-31(47)32(48)35-39(26,5)13-10-25-38(4)12-9-21(41)28(44)27(38)24(15-40(25,35)49)58-59(50,51)52;/h18-37,41-49H,7-17H2,1-6H3,(H,50,51,52);/q;+1/p-1/t19-,20-,21+,22?,23?,24+,25?,26+,27?,28+,29?,30?,31-,32-,33?,34?,35?,36?,37?,38-,39-,40+;/m1./s1. The number of hydrogen-bond donors (Lipinski definition) is 9. The van der Waals surface area contributed by atoms with Gasteiger partial charge in [0.1, 0.15) is 36.6 Å². The van der Waals surface area contributed by atoms with Gasteiger partial charge in [0.25, 0.3) is 0 Å². The van der Waals surface area contributed by atoms with Gasteiger partial charge in [-0.05, 0) is 78.9 Å². The molecule has 0 spiro atoms. The van der Waals surface area contributed by atoms with Gasteiger partial charge in [0.2, 0.25) is 10.4 Å². The molecule has 2 heterocycles. The van der Waals surface area contributed by atoms with Crippen molar-refractivity contribution in [3.8, 4) is 0 Å². The maximum atomic E-state index is 12.8. The van der Waals surface area contributed by atoms with E-state index in [1.54, 1.807) is 0 Å². The molecule has 0 aromatic carbocycles. The molecule has 11 unspecified atom stereocenters. The molecule has 6 rings (SSSR count). The van der Waals surface area contributed by atoms with Gasteiger partial charge in [-0.2, -0.15) is 0 Å². The first-order chi connectivity index (χ1) is 27.5. The van der Waals surface area contributed by atoms with E-state index in [9.17, 15) is 58.9 Å². The number of methoxy groups -OCH3 is 1. The summed E-state index contributed by atoms with van der Waals surface area (Å²) in [6.07, 6.45) is -13.3. The van der Waals surface area contributed by atoms with Crippen LogP contribution in [0.2, 0.25) is 0 Å². The summed E-state index contributed by atoms with van der Waals surface area (Å²) in [6, 6.07) is 0. The summed E-state index contributed by atoms with van der Waals surface area (Å²) in [4.78, 5) is 0. The molecule has 22 atom stereocenters. The number of rotatable bonds is 14. The van der Waals surface area contributed by atoms with E-state index in [-0.39, 0.29) is 80.0 Å². The van der Waals surface area contributed by atoms with Crippen molar-refractivity contribution in [1.82, 2.24) is 0 Å². The van der Waals surface area contributed by atoms with Crippen LogP contribution in [0.25, 0.3) is 0 Å². The Morgan fingerprint density at radius 1 is 0.767 bits per heavy atom. The van der Waals surface area contributed by atoms with E-state index in [0.29, 0.717) is 38.5 Å². The van der Waals surface area contributed by atoms with Crippen molar-refractivity contribution in [1.29, 1.82) is 0 Å². The zero-order valence-corrected chi connectivity index (χ0v) is 38.7. The maximum absolute atomic E-state index is 12.8. The summed E-state index contributed by atoms with van der Waals surface area (Å²) in [5.74, 6) is -2.68. The Hall–Kier alpha value is 0.310. The van der Waals surface area contributed by atoms with E-state index >= 15 is 0 Å². The van der Waals surface area contributed by atoms with Crippen LogP contribution in [0.15, 0.2) is 0 Å². The quantitative estimate of drug-likeness (QED) is 0.0458. The van der Waals surface area contributed by atoms with Crippen molar-refractivity contribution in [3.05, 3.63) is 0 Å². The van der Waals surface area contributed by atoms with Crippen molar-refractivity contribution in [3.63, 3.8) is 0 Å². The summed E-state index contributed by atoms with van der Waals surface area (Å²) in [5.41, 5.74) is -3.51. The molecule has 344 valence electrons. The number of aliphatic hydroxyl groups is 9. The summed E-state index contributed by atoms with van der Waals surface area (Å²) in [5, 5.41) is 99.9. The van der Waals surface area contributed by atoms with E-state index < -0.39 is 130 Å². The molecule has 6 aliphatic rings. The first kappa shape index (κ1) is 51.3. The summed E-state index contributed by atoms with van der Waals surface area (Å²) < 4.78 is 69.7. The minimum Gasteiger partial charge on any atom is -0.726 e. The zero-order chi connectivity index (χ0) is 43.6. The van der Waals surface area contributed by atoms with Gasteiger partial charge >= 0.3 is 29.6 Å². The van der Waals surface area contributed by atoms with Crippen LogP contribution in [0.5, 0.6) is 0 Å². The van der Waals surface area contributed by atoms with Gasteiger partial charge in [-0.15, -0.1) is 0 Å². The Labute approximate surface area is 375 Å². The second-order valence-corrected chi connectivity index (χ2v) is 20.5. The van der Waals surface area contributed by atoms with Gasteiger partial charge in [0.05, 0.1) is 55.9 Å². The molecule has 0 radical (unpaired) electrons. The van der Waals surface area contributed by atoms with Gasteiger partial charge in [0.15, 0.2) is 12.6 Å². The number of fused-ring (bicyclic) bond motifs is 5. The predicted octanol–water partition coefficient (Wildman–Crippen LogP) is -3.86. The molecular weight excluding hydrogens is 823 g/mol. The number of aliphatic hydroxyl groups excluding tert-OH is 8. The Morgan fingerprint density at radius 3 is 1.97 bits per heavy atom. The second-order valence-electron chi connectivity index (χ2n) is 19.5. The zero-order valence-electron chi connectivity index (χ0n) is 35.9. The van der Waals surface area contributed by atoms with Crippen LogP contribution in [0.1, 0.15) is 86.0 Å². The minimum absolute atomic E-state index is 0. The molecule has 9 N–H and O–H groups in total. The predicted molar refractivity (Wildman–Crippen MR) is 203 cm³/mol. The Balaban J connectivity index is 0.00000683. The SMILES string of the molecule is COC1C(OC2C(OCC[C@@H](CC[C@@H](C)[C@H]3[C@@H](O)[C@@H](O)C4[C@]5(O)C[C@H](OS(=O)(=O)[O-])C6[C@@H](O)[C@@H](O)CC[C@]6(C)C5CC[C@@]43C)C(C)C)OCC(O)C2O)OCC(O)C1O.[Na+]. The van der Waals surface area contributed by atoms with Crippen LogP contribution >= 0.6 is 0 Å². The average molecular weight is 893 g/mol. The van der Waals surface area contributed by atoms with Crippen molar-refractivity contribution < 1.29 is 116 Å². The maximum Gasteiger partial charge on any atom is 1.00 e. The van der Waals surface area contributed by atoms with E-state index in [0.717, 1.165) is 0 Å². The van der Waals surface area contributed by atoms with Crippen molar-refractivity contribution >= 4 is 10.4 Å². The summed E-state index contributed by atoms with van der Waals surface area (Å²) in [6.45, 7) is 9.72. The normalized spacial score (nSPS) is 49.3. The van der Waals surface area contributed by atoms with Gasteiger partial charge in [-0.3, -0.25) is 4.18 Å². The van der Waals surface area contributed by atoms with Crippen LogP contribution in [0, 0.1) is 52.3 Å². The van der Waals surface area contributed by atoms with Crippen molar-refractivity contribution in [2.75, 3.05) is 26.9 Å². The summed E-state index contributed by atoms with van der Waals surface area (Å²) in [7, 11) is -3.97. The molecule has 18 nitrogen and oxygen atoms in total. The molecule has 20 heteroatoms. The van der Waals surface area contributed by atoms with E-state index in [2.05, 4.69) is 13.8 Å². The Kier molecular flexibility index (Phi) is 16.8. The van der Waals surface area contributed by atoms with Crippen LogP contribution in [-0.2, 0) is 38.3 Å². The fourth-order valence-corrected chi connectivity index (χ4v) is 13.5. The second kappa shape index (κ2) is 19.6. The van der Waals surface area contributed by atoms with Crippen LogP contribution in [0.4, 0.5) is 0 Å². The van der Waals surface area contributed by atoms with Crippen LogP contribution in [0.3, 0.4) is 0 Å². The largest absolute Gasteiger partial charge is 1.00 e. The molecule has 0 aromatic rings. The van der Waals surface area contributed by atoms with Gasteiger partial charge in [0, 0.05) is 25.4 Å². The van der Waals surface area contributed by atoms with Crippen LogP contribution in [-0.4, -0.2) is 171 Å². The van der Waals surface area contributed by atoms with Gasteiger partial charge < -0.3 is 74.2 Å². The van der Waals surface area contributed by atoms with E-state index in [1.165, 1.54) is 7.11 Å². The van der Waals surface area contributed by atoms with Crippen molar-refractivity contribution in [2.45, 2.75) is 171 Å². The number of hydrogen-bond acceptors (Lipinski definition) is 18. The van der Waals surface area contributed by atoms with Crippen LogP contribution < -0.4 is 29.6 Å². The minimum atomic E-state index is -5.28. The molecule has 4 saturated carbocycles. The third kappa shape index (κ3) is 9.59. The Morgan fingerprint density at radius 2 is 1.37 bits per heavy atom. The average Bonchev–Trinajstić information content (AvgIpc) is 3.35. The first-order valence-electron chi connectivity index (χ1n) is 21.3. The molecule has 6 fully saturated rings. The third-order valence-corrected chi connectivity index (χ3v) is 16.3. The smallest absolute Gasteiger partial charge is 0.726 e. The van der Waals surface area contributed by atoms with E-state index in [4.69, 9.17) is 27.9 Å². The van der Waals surface area contributed by atoms with Crippen molar-refractivity contribution in [2.24, 2.45) is 52.3 Å². The summed E-state index contributed by atoms with van der Waals surface area (Å²) >= 11 is 0. The molecular formula is C40H69NaO18S. The molecule has 2 saturated heterocycles. The number of ether oxygens (including phenoxy) is 5. The fraction of sp³-hybridized carbons (Fsp3) is 1.00. The molecule has 0 amide bonds. The van der Waals surface area contributed by atoms with Gasteiger partial charge in [-0.25, -0.2) is 8.42 Å². The fourth-order valence-electron chi connectivity index (χ4n) is 13.0. The topological polar surface area (TPSA) is 295 Å². The Bertz CT molecular complexity index is 1530. The molecule has 60 heavy (non-hydrogen) atoms. The molecule has 0 aromatic heterocycles.